The third-order valence-electron chi connectivity index (χ3n) is 11.4. The van der Waals surface area contributed by atoms with Crippen molar-refractivity contribution in [2.45, 2.75) is 0 Å². The van der Waals surface area contributed by atoms with Crippen molar-refractivity contribution < 1.29 is 0 Å². The van der Waals surface area contributed by atoms with Crippen molar-refractivity contribution in [1.29, 1.82) is 0 Å². The third-order valence-corrected chi connectivity index (χ3v) is 11.4. The number of fused-ring (bicyclic) bond motifs is 8. The highest BCUT2D eigenvalue weighted by molar-refractivity contribution is 6.33. The number of nitrogens with zero attached hydrogens (tertiary/aromatic N) is 2. The molecule has 0 aliphatic rings. The minimum atomic E-state index is 0.872. The Labute approximate surface area is 331 Å². The number of aromatic nitrogens is 1. The lowest BCUT2D eigenvalue weighted by Gasteiger charge is -2.27. The van der Waals surface area contributed by atoms with E-state index in [9.17, 15) is 0 Å². The lowest BCUT2D eigenvalue weighted by Crippen LogP contribution is -2.12. The van der Waals surface area contributed by atoms with Crippen molar-refractivity contribution in [3.8, 4) is 33.4 Å². The fourth-order valence-electron chi connectivity index (χ4n) is 8.85. The van der Waals surface area contributed by atoms with Crippen LogP contribution >= 0.6 is 0 Å². The van der Waals surface area contributed by atoms with Gasteiger partial charge in [-0.25, -0.2) is 4.98 Å². The van der Waals surface area contributed by atoms with Crippen LogP contribution in [0.15, 0.2) is 218 Å². The van der Waals surface area contributed by atoms with Gasteiger partial charge >= 0.3 is 0 Å². The predicted molar refractivity (Wildman–Crippen MR) is 243 cm³/mol. The fourth-order valence-corrected chi connectivity index (χ4v) is 8.85. The Balaban J connectivity index is 1.29. The molecular weight excluding hydrogens is 689 g/mol. The van der Waals surface area contributed by atoms with Gasteiger partial charge in [0.2, 0.25) is 0 Å². The lowest BCUT2D eigenvalue weighted by atomic mass is 9.81. The van der Waals surface area contributed by atoms with Crippen LogP contribution < -0.4 is 4.90 Å². The molecule has 11 aromatic rings. The van der Waals surface area contributed by atoms with Crippen molar-refractivity contribution in [1.82, 2.24) is 4.98 Å². The van der Waals surface area contributed by atoms with Gasteiger partial charge in [0.25, 0.3) is 0 Å². The van der Waals surface area contributed by atoms with E-state index in [1.807, 2.05) is 0 Å². The van der Waals surface area contributed by atoms with E-state index in [0.29, 0.717) is 0 Å². The molecule has 2 heteroatoms. The molecule has 0 aliphatic heterocycles. The summed E-state index contributed by atoms with van der Waals surface area (Å²) in [6.45, 7) is 0. The molecule has 11 rings (SSSR count). The summed E-state index contributed by atoms with van der Waals surface area (Å²) in [5, 5.41) is 10.8. The molecule has 2 nitrogen and oxygen atoms in total. The molecule has 0 unspecified atom stereocenters. The first-order chi connectivity index (χ1) is 28.3. The molecule has 1 aromatic heterocycles. The smallest absolute Gasteiger partial charge is 0.138 e. The summed E-state index contributed by atoms with van der Waals surface area (Å²) in [6, 6.07) is 78.9. The number of pyridine rings is 1. The Morgan fingerprint density at radius 1 is 0.333 bits per heavy atom. The van der Waals surface area contributed by atoms with Crippen LogP contribution in [0.25, 0.3) is 87.4 Å². The summed E-state index contributed by atoms with van der Waals surface area (Å²) in [5.74, 6) is 0.872. The minimum Gasteiger partial charge on any atom is -0.294 e. The molecule has 0 radical (unpaired) electrons. The fraction of sp³-hybridized carbons (Fsp3) is 0. The zero-order valence-electron chi connectivity index (χ0n) is 31.2. The number of rotatable bonds is 6. The lowest BCUT2D eigenvalue weighted by molar-refractivity contribution is 1.22. The summed E-state index contributed by atoms with van der Waals surface area (Å²) in [5.41, 5.74) is 10.4. The number of anilines is 3. The highest BCUT2D eigenvalue weighted by Crippen LogP contribution is 2.50. The topological polar surface area (TPSA) is 16.1 Å². The molecule has 57 heavy (non-hydrogen) atoms. The minimum absolute atomic E-state index is 0.872. The van der Waals surface area contributed by atoms with Crippen molar-refractivity contribution in [2.75, 3.05) is 4.90 Å². The van der Waals surface area contributed by atoms with E-state index < -0.39 is 0 Å². The quantitative estimate of drug-likeness (QED) is 0.159. The van der Waals surface area contributed by atoms with Crippen LogP contribution in [0.2, 0.25) is 0 Å². The van der Waals surface area contributed by atoms with Gasteiger partial charge in [0, 0.05) is 16.5 Å². The van der Waals surface area contributed by atoms with Gasteiger partial charge in [0.1, 0.15) is 5.82 Å². The molecule has 10 aromatic carbocycles. The van der Waals surface area contributed by atoms with Crippen molar-refractivity contribution in [3.63, 3.8) is 0 Å². The molecule has 0 saturated heterocycles. The van der Waals surface area contributed by atoms with Gasteiger partial charge in [-0.1, -0.05) is 176 Å². The van der Waals surface area contributed by atoms with Gasteiger partial charge in [-0.3, -0.25) is 4.90 Å². The molecule has 0 atom stereocenters. The van der Waals surface area contributed by atoms with Gasteiger partial charge in [-0.05, 0) is 114 Å². The second kappa shape index (κ2) is 13.6. The van der Waals surface area contributed by atoms with Gasteiger partial charge in [0.15, 0.2) is 0 Å². The molecule has 0 aliphatic carbocycles. The van der Waals surface area contributed by atoms with Crippen LogP contribution in [0.3, 0.4) is 0 Å². The van der Waals surface area contributed by atoms with Crippen molar-refractivity contribution in [2.24, 2.45) is 0 Å². The average molecular weight is 725 g/mol. The molecule has 0 N–H and O–H groups in total. The van der Waals surface area contributed by atoms with Gasteiger partial charge < -0.3 is 0 Å². The molecule has 0 fully saturated rings. The standard InChI is InChI=1S/C55H36N2/c1-4-17-38(18-5-1)47-36-48(39-19-6-2-7-20-39)54-45-28-14-13-27-44(45)49-35-42(32-33-46(49)55(54)53(47)41-23-8-3-9-24-41)57(51-30-16-25-37-21-10-12-26-43(37)51)52-34-31-40-22-11-15-29-50(40)56-52/h1-36H. The Kier molecular flexibility index (Phi) is 7.86. The van der Waals surface area contributed by atoms with Crippen molar-refractivity contribution in [3.05, 3.63) is 218 Å². The van der Waals surface area contributed by atoms with E-state index in [4.69, 9.17) is 4.98 Å². The SMILES string of the molecule is c1ccc(-c2cc(-c3ccccc3)c3c4ccccc4c4cc(N(c5ccc6ccccc6n5)c5cccc6ccccc56)ccc4c3c2-c2ccccc2)cc1. The van der Waals surface area contributed by atoms with Crippen LogP contribution in [0, 0.1) is 0 Å². The third kappa shape index (κ3) is 5.53. The van der Waals surface area contributed by atoms with E-state index in [1.54, 1.807) is 0 Å². The number of benzene rings is 10. The summed E-state index contributed by atoms with van der Waals surface area (Å²) < 4.78 is 0. The highest BCUT2D eigenvalue weighted by atomic mass is 15.2. The Morgan fingerprint density at radius 3 is 1.67 bits per heavy atom. The van der Waals surface area contributed by atoms with Gasteiger partial charge in [-0.15, -0.1) is 0 Å². The average Bonchev–Trinajstić information content (AvgIpc) is 3.29. The monoisotopic (exact) mass is 724 g/mol. The maximum atomic E-state index is 5.30. The number of hydrogen-bond acceptors (Lipinski definition) is 2. The summed E-state index contributed by atoms with van der Waals surface area (Å²) in [7, 11) is 0. The van der Waals surface area contributed by atoms with Gasteiger partial charge in [-0.2, -0.15) is 0 Å². The Hall–Kier alpha value is -7.55. The van der Waals surface area contributed by atoms with Crippen LogP contribution in [0.1, 0.15) is 0 Å². The van der Waals surface area contributed by atoms with E-state index in [0.717, 1.165) is 28.1 Å². The number of para-hydroxylation sites is 1. The molecular formula is C55H36N2. The van der Waals surface area contributed by atoms with Crippen LogP contribution in [-0.2, 0) is 0 Å². The second-order valence-corrected chi connectivity index (χ2v) is 14.7. The zero-order chi connectivity index (χ0) is 37.7. The van der Waals surface area contributed by atoms with E-state index >= 15 is 0 Å². The van der Waals surface area contributed by atoms with Crippen molar-refractivity contribution >= 4 is 71.2 Å². The Bertz CT molecular complexity index is 3280. The molecule has 0 spiro atoms. The largest absolute Gasteiger partial charge is 0.294 e. The highest BCUT2D eigenvalue weighted by Gasteiger charge is 2.23. The van der Waals surface area contributed by atoms with Crippen LogP contribution in [-0.4, -0.2) is 4.98 Å². The van der Waals surface area contributed by atoms with Gasteiger partial charge in [0.05, 0.1) is 11.2 Å². The predicted octanol–water partition coefficient (Wildman–Crippen LogP) is 15.3. The maximum absolute atomic E-state index is 5.30. The molecule has 1 heterocycles. The maximum Gasteiger partial charge on any atom is 0.138 e. The Morgan fingerprint density at radius 2 is 0.912 bits per heavy atom. The van der Waals surface area contributed by atoms with Crippen LogP contribution in [0.5, 0.6) is 0 Å². The molecule has 0 amide bonds. The summed E-state index contributed by atoms with van der Waals surface area (Å²) in [4.78, 5) is 7.63. The molecule has 266 valence electrons. The van der Waals surface area contributed by atoms with E-state index in [-0.39, 0.29) is 0 Å². The first-order valence-corrected chi connectivity index (χ1v) is 19.6. The normalized spacial score (nSPS) is 11.5. The summed E-state index contributed by atoms with van der Waals surface area (Å²) in [6.07, 6.45) is 0. The first-order valence-electron chi connectivity index (χ1n) is 19.6. The zero-order valence-corrected chi connectivity index (χ0v) is 31.2. The van der Waals surface area contributed by atoms with Crippen LogP contribution in [0.4, 0.5) is 17.2 Å². The second-order valence-electron chi connectivity index (χ2n) is 14.7. The molecule has 0 bridgehead atoms. The molecule has 0 saturated carbocycles. The van der Waals surface area contributed by atoms with E-state index in [2.05, 4.69) is 223 Å². The first kappa shape index (κ1) is 32.8. The number of hydrogen-bond donors (Lipinski definition) is 0. The van der Waals surface area contributed by atoms with E-state index in [1.165, 1.54) is 76.5 Å². The summed E-state index contributed by atoms with van der Waals surface area (Å²) >= 11 is 0.